The summed E-state index contributed by atoms with van der Waals surface area (Å²) in [5.74, 6) is 1.43. The van der Waals surface area contributed by atoms with Crippen LogP contribution in [-0.4, -0.2) is 13.1 Å². The van der Waals surface area contributed by atoms with Gasteiger partial charge in [0.05, 0.1) is 0 Å². The maximum Gasteiger partial charge on any atom is 0.0207 e. The maximum absolute atomic E-state index is 3.69. The second-order valence-electron chi connectivity index (χ2n) is 7.81. The molecule has 0 saturated carbocycles. The van der Waals surface area contributed by atoms with Crippen molar-refractivity contribution in [3.63, 3.8) is 0 Å². The molecule has 0 saturated heterocycles. The van der Waals surface area contributed by atoms with Crippen molar-refractivity contribution in [2.45, 2.75) is 53.9 Å². The highest BCUT2D eigenvalue weighted by molar-refractivity contribution is 9.10. The highest BCUT2D eigenvalue weighted by atomic mass is 79.9. The summed E-state index contributed by atoms with van der Waals surface area (Å²) in [5.41, 5.74) is 1.85. The molecule has 0 heterocycles. The number of rotatable bonds is 8. The van der Waals surface area contributed by atoms with Crippen LogP contribution in [0.15, 0.2) is 28.7 Å². The Morgan fingerprint density at radius 1 is 1.10 bits per heavy atom. The van der Waals surface area contributed by atoms with Crippen molar-refractivity contribution in [1.29, 1.82) is 0 Å². The molecule has 21 heavy (non-hydrogen) atoms. The van der Waals surface area contributed by atoms with E-state index in [1.54, 1.807) is 0 Å². The first-order chi connectivity index (χ1) is 9.78. The number of hydrogen-bond acceptors (Lipinski definition) is 1. The van der Waals surface area contributed by atoms with Gasteiger partial charge in [0.2, 0.25) is 0 Å². The zero-order valence-corrected chi connectivity index (χ0v) is 16.0. The molecule has 0 aliphatic rings. The molecule has 1 unspecified atom stereocenters. The molecule has 2 heteroatoms. The number of hydrogen-bond donors (Lipinski definition) is 1. The molecule has 0 amide bonds. The van der Waals surface area contributed by atoms with Crippen molar-refractivity contribution in [3.05, 3.63) is 34.3 Å². The number of nitrogens with one attached hydrogen (secondary N) is 1. The predicted molar refractivity (Wildman–Crippen MR) is 97.7 cm³/mol. The second-order valence-corrected chi connectivity index (χ2v) is 8.67. The summed E-state index contributed by atoms with van der Waals surface area (Å²) in [6, 6.07) is 8.63. The van der Waals surface area contributed by atoms with Crippen LogP contribution in [0, 0.1) is 17.3 Å². The average Bonchev–Trinajstić information content (AvgIpc) is 2.37. The molecular weight excluding hydrogens is 322 g/mol. The van der Waals surface area contributed by atoms with Crippen molar-refractivity contribution in [3.8, 4) is 0 Å². The van der Waals surface area contributed by atoms with E-state index in [1.807, 2.05) is 0 Å². The molecule has 1 aromatic rings. The van der Waals surface area contributed by atoms with Crippen LogP contribution in [0.5, 0.6) is 0 Å². The van der Waals surface area contributed by atoms with Gasteiger partial charge in [-0.2, -0.15) is 0 Å². The molecule has 120 valence electrons. The average molecular weight is 354 g/mol. The molecule has 1 aromatic carbocycles. The van der Waals surface area contributed by atoms with Gasteiger partial charge in [0.1, 0.15) is 0 Å². The minimum absolute atomic E-state index is 0.421. The Morgan fingerprint density at radius 2 is 1.76 bits per heavy atom. The Labute approximate surface area is 140 Å². The van der Waals surface area contributed by atoms with Gasteiger partial charge in [0.25, 0.3) is 0 Å². The zero-order chi connectivity index (χ0) is 15.9. The van der Waals surface area contributed by atoms with E-state index in [4.69, 9.17) is 0 Å². The summed E-state index contributed by atoms with van der Waals surface area (Å²) < 4.78 is 1.25. The maximum atomic E-state index is 3.69. The first-order valence-corrected chi connectivity index (χ1v) is 9.01. The third-order valence-electron chi connectivity index (χ3n) is 3.75. The van der Waals surface area contributed by atoms with Crippen LogP contribution >= 0.6 is 15.9 Å². The van der Waals surface area contributed by atoms with E-state index in [9.17, 15) is 0 Å². The highest BCUT2D eigenvalue weighted by Crippen LogP contribution is 2.27. The third-order valence-corrected chi connectivity index (χ3v) is 4.53. The Bertz CT molecular complexity index is 406. The Morgan fingerprint density at radius 3 is 2.33 bits per heavy atom. The van der Waals surface area contributed by atoms with E-state index in [0.29, 0.717) is 11.3 Å². The van der Waals surface area contributed by atoms with Gasteiger partial charge in [-0.3, -0.25) is 0 Å². The Balaban J connectivity index is 2.60. The van der Waals surface area contributed by atoms with E-state index < -0.39 is 0 Å². The predicted octanol–water partition coefficient (Wildman–Crippen LogP) is 5.68. The van der Waals surface area contributed by atoms with Crippen LogP contribution in [0.4, 0.5) is 0 Å². The highest BCUT2D eigenvalue weighted by Gasteiger charge is 2.16. The quantitative estimate of drug-likeness (QED) is 0.633. The van der Waals surface area contributed by atoms with Crippen LogP contribution in [0.1, 0.15) is 53.0 Å². The van der Waals surface area contributed by atoms with Gasteiger partial charge in [-0.1, -0.05) is 68.7 Å². The number of benzene rings is 1. The zero-order valence-electron chi connectivity index (χ0n) is 14.4. The SMILES string of the molecule is CC(C)CNCC(CCC(C)(C)C)Cc1ccccc1Br. The first kappa shape index (κ1) is 18.7. The van der Waals surface area contributed by atoms with Crippen molar-refractivity contribution < 1.29 is 0 Å². The molecule has 0 aliphatic carbocycles. The molecule has 0 aliphatic heterocycles. The van der Waals surface area contributed by atoms with Gasteiger partial charge in [0.15, 0.2) is 0 Å². The van der Waals surface area contributed by atoms with Crippen LogP contribution < -0.4 is 5.32 Å². The van der Waals surface area contributed by atoms with Gasteiger partial charge in [0, 0.05) is 4.47 Å². The largest absolute Gasteiger partial charge is 0.316 e. The van der Waals surface area contributed by atoms with Crippen molar-refractivity contribution in [2.75, 3.05) is 13.1 Å². The monoisotopic (exact) mass is 353 g/mol. The van der Waals surface area contributed by atoms with Crippen LogP contribution in [0.25, 0.3) is 0 Å². The van der Waals surface area contributed by atoms with E-state index in [-0.39, 0.29) is 0 Å². The van der Waals surface area contributed by atoms with Crippen molar-refractivity contribution >= 4 is 15.9 Å². The fourth-order valence-corrected chi connectivity index (χ4v) is 2.91. The van der Waals surface area contributed by atoms with Gasteiger partial charge in [-0.25, -0.2) is 0 Å². The van der Waals surface area contributed by atoms with E-state index in [1.165, 1.54) is 22.9 Å². The van der Waals surface area contributed by atoms with Crippen LogP contribution in [-0.2, 0) is 6.42 Å². The Hall–Kier alpha value is -0.340. The summed E-state index contributed by atoms with van der Waals surface area (Å²) in [7, 11) is 0. The van der Waals surface area contributed by atoms with Gasteiger partial charge in [-0.15, -0.1) is 0 Å². The summed E-state index contributed by atoms with van der Waals surface area (Å²) in [6.45, 7) is 13.8. The first-order valence-electron chi connectivity index (χ1n) is 8.22. The second kappa shape index (κ2) is 8.95. The molecule has 0 aromatic heterocycles. The summed E-state index contributed by atoms with van der Waals surface area (Å²) in [6.07, 6.45) is 3.73. The minimum Gasteiger partial charge on any atom is -0.316 e. The Kier molecular flexibility index (Phi) is 7.97. The van der Waals surface area contributed by atoms with E-state index in [2.05, 4.69) is 80.1 Å². The summed E-state index contributed by atoms with van der Waals surface area (Å²) in [4.78, 5) is 0. The molecule has 1 N–H and O–H groups in total. The molecular formula is C19H32BrN. The fourth-order valence-electron chi connectivity index (χ4n) is 2.46. The summed E-state index contributed by atoms with van der Waals surface area (Å²) in [5, 5.41) is 3.65. The van der Waals surface area contributed by atoms with E-state index in [0.717, 1.165) is 25.4 Å². The molecule has 1 nitrogen and oxygen atoms in total. The standard InChI is InChI=1S/C19H32BrN/c1-15(2)13-21-14-16(10-11-19(3,4)5)12-17-8-6-7-9-18(17)20/h6-9,15-16,21H,10-14H2,1-5H3. The minimum atomic E-state index is 0.421. The number of halogens is 1. The lowest BCUT2D eigenvalue weighted by Crippen LogP contribution is -2.28. The molecule has 0 fully saturated rings. The molecule has 0 bridgehead atoms. The van der Waals surface area contributed by atoms with Gasteiger partial charge >= 0.3 is 0 Å². The lowest BCUT2D eigenvalue weighted by atomic mass is 9.84. The third kappa shape index (κ3) is 8.63. The molecule has 1 atom stereocenters. The topological polar surface area (TPSA) is 12.0 Å². The van der Waals surface area contributed by atoms with Crippen molar-refractivity contribution in [1.82, 2.24) is 5.32 Å². The molecule has 0 spiro atoms. The van der Waals surface area contributed by atoms with Gasteiger partial charge < -0.3 is 5.32 Å². The summed E-state index contributed by atoms with van der Waals surface area (Å²) >= 11 is 3.69. The molecule has 1 rings (SSSR count). The lowest BCUT2D eigenvalue weighted by Gasteiger charge is -2.24. The smallest absolute Gasteiger partial charge is 0.0207 e. The molecule has 0 radical (unpaired) electrons. The van der Waals surface area contributed by atoms with Crippen LogP contribution in [0.2, 0.25) is 0 Å². The van der Waals surface area contributed by atoms with Crippen molar-refractivity contribution in [2.24, 2.45) is 17.3 Å². The van der Waals surface area contributed by atoms with E-state index >= 15 is 0 Å². The normalized spacial score (nSPS) is 13.7. The lowest BCUT2D eigenvalue weighted by molar-refractivity contribution is 0.311. The fraction of sp³-hybridized carbons (Fsp3) is 0.684. The van der Waals surface area contributed by atoms with Crippen LogP contribution in [0.3, 0.4) is 0 Å². The van der Waals surface area contributed by atoms with Gasteiger partial charge in [-0.05, 0) is 61.2 Å².